The van der Waals surface area contributed by atoms with Crippen molar-refractivity contribution in [3.8, 4) is 0 Å². The summed E-state index contributed by atoms with van der Waals surface area (Å²) < 4.78 is 10.0. The van der Waals surface area contributed by atoms with Crippen LogP contribution in [0.4, 0.5) is 0 Å². The van der Waals surface area contributed by atoms with Gasteiger partial charge in [0.1, 0.15) is 0 Å². The molecule has 1 aromatic rings. The van der Waals surface area contributed by atoms with Crippen LogP contribution in [0.5, 0.6) is 0 Å². The van der Waals surface area contributed by atoms with Crippen molar-refractivity contribution in [1.29, 1.82) is 0 Å². The minimum Gasteiger partial charge on any atom is -0.469 e. The van der Waals surface area contributed by atoms with Gasteiger partial charge in [0.2, 0.25) is 0 Å². The zero-order valence-corrected chi connectivity index (χ0v) is 15.7. The molecule has 0 heterocycles. The molecule has 2 atom stereocenters. The van der Waals surface area contributed by atoms with Crippen LogP contribution in [0.2, 0.25) is 0 Å². The lowest BCUT2D eigenvalue weighted by molar-refractivity contribution is -0.161. The number of hydrogen-bond donors (Lipinski definition) is 0. The first kappa shape index (κ1) is 20.2. The molecule has 0 aliphatic rings. The second-order valence-electron chi connectivity index (χ2n) is 7.14. The van der Waals surface area contributed by atoms with Gasteiger partial charge in [0.25, 0.3) is 0 Å². The van der Waals surface area contributed by atoms with E-state index >= 15 is 0 Å². The van der Waals surface area contributed by atoms with E-state index in [4.69, 9.17) is 9.47 Å². The van der Waals surface area contributed by atoms with Crippen LogP contribution in [0.25, 0.3) is 0 Å². The summed E-state index contributed by atoms with van der Waals surface area (Å²) >= 11 is 0. The largest absolute Gasteiger partial charge is 0.469 e. The Morgan fingerprint density at radius 2 is 1.62 bits per heavy atom. The van der Waals surface area contributed by atoms with E-state index in [1.54, 1.807) is 0 Å². The van der Waals surface area contributed by atoms with Gasteiger partial charge in [-0.3, -0.25) is 9.59 Å². The molecule has 4 heteroatoms. The smallest absolute Gasteiger partial charge is 0.311 e. The number of carbonyl (C=O) groups is 2. The van der Waals surface area contributed by atoms with E-state index in [0.717, 1.165) is 6.42 Å². The van der Waals surface area contributed by atoms with Crippen LogP contribution in [0.1, 0.15) is 39.7 Å². The van der Waals surface area contributed by atoms with Gasteiger partial charge in [-0.2, -0.15) is 0 Å². The molecule has 0 N–H and O–H groups in total. The fourth-order valence-electron chi connectivity index (χ4n) is 3.41. The highest BCUT2D eigenvalue weighted by atomic mass is 16.5. The molecule has 0 fully saturated rings. The van der Waals surface area contributed by atoms with Gasteiger partial charge < -0.3 is 9.47 Å². The fraction of sp³-hybridized carbons (Fsp3) is 0.600. The molecule has 0 unspecified atom stereocenters. The van der Waals surface area contributed by atoms with Crippen molar-refractivity contribution in [1.82, 2.24) is 0 Å². The first-order valence-corrected chi connectivity index (χ1v) is 8.45. The van der Waals surface area contributed by atoms with E-state index in [1.807, 2.05) is 45.9 Å². The minimum absolute atomic E-state index is 0.0714. The van der Waals surface area contributed by atoms with E-state index in [9.17, 15) is 9.59 Å². The van der Waals surface area contributed by atoms with Gasteiger partial charge in [0, 0.05) is 0 Å². The van der Waals surface area contributed by atoms with Crippen molar-refractivity contribution in [3.63, 3.8) is 0 Å². The average Bonchev–Trinajstić information content (AvgIpc) is 2.57. The Hall–Kier alpha value is -1.84. The Balaban J connectivity index is 3.14. The Kier molecular flexibility index (Phi) is 7.46. The van der Waals surface area contributed by atoms with Crippen LogP contribution in [0.3, 0.4) is 0 Å². The molecule has 1 aromatic carbocycles. The monoisotopic (exact) mass is 334 g/mol. The predicted octanol–water partition coefficient (Wildman–Crippen LogP) is 3.88. The molecule has 4 nitrogen and oxygen atoms in total. The number of benzene rings is 1. The maximum atomic E-state index is 12.4. The summed E-state index contributed by atoms with van der Waals surface area (Å²) in [4.78, 5) is 24.7. The molecule has 134 valence electrons. The highest BCUT2D eigenvalue weighted by Crippen LogP contribution is 2.41. The first-order chi connectivity index (χ1) is 11.3. The number of methoxy groups -OCH3 is 2. The molecule has 0 aliphatic carbocycles. The summed E-state index contributed by atoms with van der Waals surface area (Å²) in [7, 11) is 2.79. The number of rotatable bonds is 8. The third kappa shape index (κ3) is 4.83. The van der Waals surface area contributed by atoms with Crippen LogP contribution in [-0.4, -0.2) is 26.2 Å². The molecular formula is C20H30O4. The normalized spacial score (nSPS) is 14.1. The van der Waals surface area contributed by atoms with Gasteiger partial charge >= 0.3 is 11.9 Å². The molecule has 1 rings (SSSR count). The molecule has 24 heavy (non-hydrogen) atoms. The zero-order valence-electron chi connectivity index (χ0n) is 15.7. The summed E-state index contributed by atoms with van der Waals surface area (Å²) in [6.07, 6.45) is 1.51. The van der Waals surface area contributed by atoms with E-state index in [1.165, 1.54) is 19.8 Å². The van der Waals surface area contributed by atoms with Crippen molar-refractivity contribution in [2.45, 2.75) is 40.5 Å². The predicted molar refractivity (Wildman–Crippen MR) is 94.4 cm³/mol. The molecule has 0 spiro atoms. The molecule has 0 aromatic heterocycles. The molecule has 0 radical (unpaired) electrons. The summed E-state index contributed by atoms with van der Waals surface area (Å²) in [5.41, 5.74) is 0.419. The Morgan fingerprint density at radius 3 is 2.08 bits per heavy atom. The van der Waals surface area contributed by atoms with Crippen molar-refractivity contribution < 1.29 is 19.1 Å². The van der Waals surface area contributed by atoms with Crippen molar-refractivity contribution >= 4 is 11.9 Å². The number of ether oxygens (including phenoxy) is 2. The number of esters is 2. The number of carbonyl (C=O) groups excluding carboxylic acids is 2. The van der Waals surface area contributed by atoms with Crippen LogP contribution in [0, 0.1) is 23.2 Å². The molecule has 0 saturated heterocycles. The summed E-state index contributed by atoms with van der Waals surface area (Å²) in [6.45, 7) is 7.69. The van der Waals surface area contributed by atoms with Gasteiger partial charge in [-0.1, -0.05) is 44.2 Å². The number of hydrogen-bond acceptors (Lipinski definition) is 4. The van der Waals surface area contributed by atoms with E-state index in [0.29, 0.717) is 6.42 Å². The Bertz CT molecular complexity index is 534. The van der Waals surface area contributed by atoms with Crippen LogP contribution in [-0.2, 0) is 25.5 Å². The summed E-state index contributed by atoms with van der Waals surface area (Å²) in [5.74, 6) is -1.01. The van der Waals surface area contributed by atoms with E-state index in [-0.39, 0.29) is 29.7 Å². The molecule has 0 saturated carbocycles. The lowest BCUT2D eigenvalue weighted by Gasteiger charge is -2.38. The third-order valence-corrected chi connectivity index (χ3v) is 4.85. The average molecular weight is 334 g/mol. The lowest BCUT2D eigenvalue weighted by Crippen LogP contribution is -2.43. The highest BCUT2D eigenvalue weighted by Gasteiger charge is 2.45. The van der Waals surface area contributed by atoms with Crippen LogP contribution >= 0.6 is 0 Å². The first-order valence-electron chi connectivity index (χ1n) is 8.45. The van der Waals surface area contributed by atoms with Gasteiger partial charge in [0.05, 0.1) is 25.6 Å². The van der Waals surface area contributed by atoms with Gasteiger partial charge in [-0.05, 0) is 44.1 Å². The maximum Gasteiger partial charge on any atom is 0.311 e. The fourth-order valence-corrected chi connectivity index (χ4v) is 3.41. The standard InChI is InChI=1S/C20H30O4/c1-14(2)17(18(21)23-5)16(20(3,4)19(22)24-6)13-12-15-10-8-7-9-11-15/h7-11,14,16-17H,12-13H2,1-6H3/t16-,17+/m1/s1. The zero-order chi connectivity index (χ0) is 18.3. The Labute approximate surface area is 145 Å². The topological polar surface area (TPSA) is 52.6 Å². The molecule has 0 amide bonds. The van der Waals surface area contributed by atoms with Crippen LogP contribution in [0.15, 0.2) is 30.3 Å². The van der Waals surface area contributed by atoms with Crippen LogP contribution < -0.4 is 0 Å². The Morgan fingerprint density at radius 1 is 1.04 bits per heavy atom. The quantitative estimate of drug-likeness (QED) is 0.677. The summed E-state index contributed by atoms with van der Waals surface area (Å²) in [6, 6.07) is 10.1. The molecule has 0 aliphatic heterocycles. The maximum absolute atomic E-state index is 12.4. The molecule has 0 bridgehead atoms. The summed E-state index contributed by atoms with van der Waals surface area (Å²) in [5, 5.41) is 0. The van der Waals surface area contributed by atoms with Crippen molar-refractivity contribution in [2.24, 2.45) is 23.2 Å². The third-order valence-electron chi connectivity index (χ3n) is 4.85. The second-order valence-corrected chi connectivity index (χ2v) is 7.14. The van der Waals surface area contributed by atoms with E-state index < -0.39 is 5.41 Å². The van der Waals surface area contributed by atoms with Gasteiger partial charge in [-0.25, -0.2) is 0 Å². The SMILES string of the molecule is COC(=O)[C@@H](C(C)C)[C@@H](CCc1ccccc1)C(C)(C)C(=O)OC. The molecular weight excluding hydrogens is 304 g/mol. The van der Waals surface area contributed by atoms with Crippen molar-refractivity contribution in [2.75, 3.05) is 14.2 Å². The second kappa shape index (κ2) is 8.86. The van der Waals surface area contributed by atoms with Gasteiger partial charge in [0.15, 0.2) is 0 Å². The van der Waals surface area contributed by atoms with E-state index in [2.05, 4.69) is 12.1 Å². The highest BCUT2D eigenvalue weighted by molar-refractivity contribution is 5.79. The van der Waals surface area contributed by atoms with Gasteiger partial charge in [-0.15, -0.1) is 0 Å². The van der Waals surface area contributed by atoms with Crippen molar-refractivity contribution in [3.05, 3.63) is 35.9 Å². The number of aryl methyl sites for hydroxylation is 1. The minimum atomic E-state index is -0.771. The lowest BCUT2D eigenvalue weighted by atomic mass is 9.66.